The molecule has 1 N–H and O–H groups in total. The van der Waals surface area contributed by atoms with Gasteiger partial charge >= 0.3 is 0 Å². The molecule has 1 rings (SSSR count). The van der Waals surface area contributed by atoms with Crippen LogP contribution in [0.2, 0.25) is 0 Å². The lowest BCUT2D eigenvalue weighted by molar-refractivity contribution is 0.191. The van der Waals surface area contributed by atoms with E-state index >= 15 is 0 Å². The molecular formula is C9H18ClNO3S. The molecule has 4 nitrogen and oxygen atoms in total. The summed E-state index contributed by atoms with van der Waals surface area (Å²) in [6, 6.07) is -0.245. The van der Waals surface area contributed by atoms with Crippen molar-refractivity contribution in [1.82, 2.24) is 4.31 Å². The van der Waals surface area contributed by atoms with E-state index in [-0.39, 0.29) is 24.3 Å². The minimum atomic E-state index is -3.23. The van der Waals surface area contributed by atoms with Crippen molar-refractivity contribution in [2.24, 2.45) is 5.92 Å². The molecule has 1 heterocycles. The van der Waals surface area contributed by atoms with E-state index in [1.807, 2.05) is 6.92 Å². The average molecular weight is 256 g/mol. The van der Waals surface area contributed by atoms with Crippen molar-refractivity contribution >= 4 is 21.6 Å². The predicted octanol–water partition coefficient (Wildman–Crippen LogP) is 0.648. The second-order valence-corrected chi connectivity index (χ2v) is 6.40. The van der Waals surface area contributed by atoms with Crippen molar-refractivity contribution in [3.63, 3.8) is 0 Å². The molecule has 0 aromatic carbocycles. The van der Waals surface area contributed by atoms with Crippen molar-refractivity contribution in [2.45, 2.75) is 25.8 Å². The summed E-state index contributed by atoms with van der Waals surface area (Å²) >= 11 is 5.48. The Hall–Kier alpha value is 0.160. The van der Waals surface area contributed by atoms with Crippen LogP contribution in [0.4, 0.5) is 0 Å². The first-order valence-corrected chi connectivity index (χ1v) is 7.33. The van der Waals surface area contributed by atoms with Gasteiger partial charge in [-0.3, -0.25) is 0 Å². The largest absolute Gasteiger partial charge is 0.395 e. The Morgan fingerprint density at radius 2 is 2.20 bits per heavy atom. The molecule has 0 saturated carbocycles. The van der Waals surface area contributed by atoms with Crippen molar-refractivity contribution in [3.05, 3.63) is 0 Å². The van der Waals surface area contributed by atoms with E-state index in [0.29, 0.717) is 18.8 Å². The zero-order valence-corrected chi connectivity index (χ0v) is 10.5. The summed E-state index contributed by atoms with van der Waals surface area (Å²) in [5.41, 5.74) is 0. The monoisotopic (exact) mass is 255 g/mol. The molecule has 1 saturated heterocycles. The number of aliphatic hydroxyl groups is 1. The minimum absolute atomic E-state index is 0.0831. The van der Waals surface area contributed by atoms with Gasteiger partial charge in [0.25, 0.3) is 0 Å². The van der Waals surface area contributed by atoms with Crippen LogP contribution < -0.4 is 0 Å². The van der Waals surface area contributed by atoms with Gasteiger partial charge in [-0.25, -0.2) is 8.42 Å². The van der Waals surface area contributed by atoms with Crippen LogP contribution >= 0.6 is 11.6 Å². The zero-order chi connectivity index (χ0) is 11.5. The molecule has 1 aliphatic rings. The second-order valence-electron chi connectivity index (χ2n) is 3.99. The fourth-order valence-corrected chi connectivity index (χ4v) is 4.05. The van der Waals surface area contributed by atoms with Crippen LogP contribution in [0.25, 0.3) is 0 Å². The highest BCUT2D eigenvalue weighted by atomic mass is 35.5. The van der Waals surface area contributed by atoms with Crippen LogP contribution in [0.5, 0.6) is 0 Å². The first kappa shape index (κ1) is 13.2. The topological polar surface area (TPSA) is 57.6 Å². The molecule has 0 bridgehead atoms. The van der Waals surface area contributed by atoms with Crippen LogP contribution in [-0.2, 0) is 10.0 Å². The van der Waals surface area contributed by atoms with Crippen molar-refractivity contribution in [1.29, 1.82) is 0 Å². The van der Waals surface area contributed by atoms with Gasteiger partial charge in [0, 0.05) is 12.4 Å². The third-order valence-corrected chi connectivity index (χ3v) is 5.15. The summed E-state index contributed by atoms with van der Waals surface area (Å²) in [6.45, 7) is 2.40. The van der Waals surface area contributed by atoms with Gasteiger partial charge in [0.2, 0.25) is 10.0 Å². The number of nitrogens with zero attached hydrogens (tertiary/aromatic N) is 1. The maximum atomic E-state index is 11.9. The third-order valence-electron chi connectivity index (χ3n) is 2.91. The highest BCUT2D eigenvalue weighted by Crippen LogP contribution is 2.26. The molecule has 1 aliphatic heterocycles. The number of aliphatic hydroxyl groups excluding tert-OH is 1. The van der Waals surface area contributed by atoms with Crippen LogP contribution in [0.3, 0.4) is 0 Å². The van der Waals surface area contributed by atoms with E-state index in [2.05, 4.69) is 0 Å². The molecule has 6 heteroatoms. The summed E-state index contributed by atoms with van der Waals surface area (Å²) in [5.74, 6) is 0.673. The maximum absolute atomic E-state index is 11.9. The molecule has 1 fully saturated rings. The Kier molecular flexibility index (Phi) is 4.83. The van der Waals surface area contributed by atoms with Crippen LogP contribution in [0, 0.1) is 5.92 Å². The lowest BCUT2D eigenvalue weighted by Gasteiger charge is -2.24. The highest BCUT2D eigenvalue weighted by molar-refractivity contribution is 7.89. The Balaban J connectivity index is 2.70. The number of sulfonamides is 1. The predicted molar refractivity (Wildman–Crippen MR) is 60.5 cm³/mol. The maximum Gasteiger partial charge on any atom is 0.214 e. The van der Waals surface area contributed by atoms with Gasteiger partial charge in [-0.15, -0.1) is 11.6 Å². The average Bonchev–Trinajstić information content (AvgIpc) is 2.57. The first-order chi connectivity index (χ1) is 7.03. The third kappa shape index (κ3) is 3.06. The van der Waals surface area contributed by atoms with E-state index in [0.717, 1.165) is 6.42 Å². The van der Waals surface area contributed by atoms with Crippen LogP contribution in [-0.4, -0.2) is 48.7 Å². The molecule has 90 valence electrons. The van der Waals surface area contributed by atoms with Gasteiger partial charge in [0.1, 0.15) is 0 Å². The van der Waals surface area contributed by atoms with E-state index in [4.69, 9.17) is 16.7 Å². The number of hydrogen-bond acceptors (Lipinski definition) is 3. The van der Waals surface area contributed by atoms with Gasteiger partial charge in [0.15, 0.2) is 0 Å². The molecule has 0 radical (unpaired) electrons. The number of hydrogen-bond donors (Lipinski definition) is 1. The molecule has 15 heavy (non-hydrogen) atoms. The summed E-state index contributed by atoms with van der Waals surface area (Å²) in [5, 5.41) is 9.16. The molecule has 0 aromatic heterocycles. The van der Waals surface area contributed by atoms with Crippen molar-refractivity contribution in [2.75, 3.05) is 24.8 Å². The highest BCUT2D eigenvalue weighted by Gasteiger charge is 2.37. The van der Waals surface area contributed by atoms with Crippen LogP contribution in [0.1, 0.15) is 19.8 Å². The van der Waals surface area contributed by atoms with E-state index in [1.54, 1.807) is 0 Å². The molecule has 0 aromatic rings. The standard InChI is InChI=1S/C9H18ClNO3S/c1-8-3-5-11(9(8)7-12)15(13,14)6-2-4-10/h8-9,12H,2-7H2,1H3. The Bertz CT molecular complexity index is 294. The normalized spacial score (nSPS) is 28.5. The van der Waals surface area contributed by atoms with E-state index in [9.17, 15) is 8.42 Å². The number of rotatable bonds is 5. The Morgan fingerprint density at radius 3 is 2.73 bits per heavy atom. The SMILES string of the molecule is CC1CCN(S(=O)(=O)CCCCl)C1CO. The van der Waals surface area contributed by atoms with Crippen molar-refractivity contribution in [3.8, 4) is 0 Å². The molecule has 2 unspecified atom stereocenters. The molecular weight excluding hydrogens is 238 g/mol. The van der Waals surface area contributed by atoms with Gasteiger partial charge in [-0.2, -0.15) is 4.31 Å². The van der Waals surface area contributed by atoms with E-state index < -0.39 is 10.0 Å². The van der Waals surface area contributed by atoms with Gasteiger partial charge in [0.05, 0.1) is 18.4 Å². The van der Waals surface area contributed by atoms with Gasteiger partial charge < -0.3 is 5.11 Å². The summed E-state index contributed by atoms with van der Waals surface area (Å²) in [6.07, 6.45) is 1.29. The van der Waals surface area contributed by atoms with Gasteiger partial charge in [-0.05, 0) is 18.8 Å². The molecule has 0 aliphatic carbocycles. The molecule has 0 amide bonds. The van der Waals surface area contributed by atoms with Crippen molar-refractivity contribution < 1.29 is 13.5 Å². The second kappa shape index (κ2) is 5.48. The number of alkyl halides is 1. The summed E-state index contributed by atoms with van der Waals surface area (Å²) < 4.78 is 25.2. The summed E-state index contributed by atoms with van der Waals surface area (Å²) in [4.78, 5) is 0. The Labute approximate surface area is 96.3 Å². The zero-order valence-electron chi connectivity index (χ0n) is 8.89. The lowest BCUT2D eigenvalue weighted by atomic mass is 10.0. The smallest absolute Gasteiger partial charge is 0.214 e. The lowest BCUT2D eigenvalue weighted by Crippen LogP contribution is -2.41. The quantitative estimate of drug-likeness (QED) is 0.734. The van der Waals surface area contributed by atoms with Gasteiger partial charge in [-0.1, -0.05) is 6.92 Å². The minimum Gasteiger partial charge on any atom is -0.395 e. The molecule has 0 spiro atoms. The number of halogens is 1. The first-order valence-electron chi connectivity index (χ1n) is 5.19. The molecule has 2 atom stereocenters. The van der Waals surface area contributed by atoms with Crippen LogP contribution in [0.15, 0.2) is 0 Å². The summed E-state index contributed by atoms with van der Waals surface area (Å²) in [7, 11) is -3.23. The van der Waals surface area contributed by atoms with E-state index in [1.165, 1.54) is 4.31 Å². The fourth-order valence-electron chi connectivity index (χ4n) is 1.94. The fraction of sp³-hybridized carbons (Fsp3) is 1.00. The Morgan fingerprint density at radius 1 is 1.53 bits per heavy atom.